The molecule has 2 N–H and O–H groups in total. The molecule has 0 radical (unpaired) electrons. The van der Waals surface area contributed by atoms with Crippen LogP contribution in [0.15, 0.2) is 28.8 Å². The number of aromatic nitrogens is 3. The molecule has 0 aliphatic rings. The molecule has 2 rings (SSSR count). The highest BCUT2D eigenvalue weighted by Gasteiger charge is 2.02. The first kappa shape index (κ1) is 16.5. The molecule has 0 aliphatic carbocycles. The number of hydrogen-bond acceptors (Lipinski definition) is 4. The van der Waals surface area contributed by atoms with Crippen LogP contribution in [0.5, 0.6) is 0 Å². The van der Waals surface area contributed by atoms with Crippen LogP contribution in [0.25, 0.3) is 0 Å². The Kier molecular flexibility index (Phi) is 6.89. The number of nitrogens with one attached hydrogen (secondary N) is 2. The van der Waals surface area contributed by atoms with Crippen LogP contribution in [0, 0.1) is 0 Å². The summed E-state index contributed by atoms with van der Waals surface area (Å²) in [4.78, 5) is 5.98. The topological polar surface area (TPSA) is 67.1 Å². The van der Waals surface area contributed by atoms with E-state index in [1.165, 1.54) is 4.88 Å². The van der Waals surface area contributed by atoms with Crippen molar-refractivity contribution < 1.29 is 0 Å². The number of guanidine groups is 1. The number of rotatable bonds is 8. The fourth-order valence-electron chi connectivity index (χ4n) is 2.11. The molecule has 0 aromatic carbocycles. The summed E-state index contributed by atoms with van der Waals surface area (Å²) in [5.41, 5.74) is 0. The lowest BCUT2D eigenvalue weighted by Gasteiger charge is -2.12. The lowest BCUT2D eigenvalue weighted by atomic mass is 10.3. The Bertz CT molecular complexity index is 560. The van der Waals surface area contributed by atoms with Crippen LogP contribution in [0.1, 0.15) is 24.5 Å². The predicted molar refractivity (Wildman–Crippen MR) is 91.4 cm³/mol. The minimum absolute atomic E-state index is 0.794. The van der Waals surface area contributed by atoms with Gasteiger partial charge in [-0.2, -0.15) is 0 Å². The average Bonchev–Trinajstić information content (AvgIpc) is 3.18. The molecule has 0 fully saturated rings. The molecule has 0 saturated carbocycles. The molecule has 6 nitrogen and oxygen atoms in total. The Labute approximate surface area is 135 Å². The summed E-state index contributed by atoms with van der Waals surface area (Å²) >= 11 is 1.78. The minimum atomic E-state index is 0.794. The fourth-order valence-corrected chi connectivity index (χ4v) is 2.81. The zero-order valence-corrected chi connectivity index (χ0v) is 14.1. The van der Waals surface area contributed by atoms with Crippen molar-refractivity contribution in [3.63, 3.8) is 0 Å². The van der Waals surface area contributed by atoms with Gasteiger partial charge in [0.15, 0.2) is 5.96 Å². The summed E-state index contributed by atoms with van der Waals surface area (Å²) in [6.45, 7) is 7.46. The molecule has 0 aliphatic heterocycles. The number of nitrogens with zero attached hydrogens (tertiary/aromatic N) is 4. The Morgan fingerprint density at radius 3 is 3.00 bits per heavy atom. The van der Waals surface area contributed by atoms with Crippen molar-refractivity contribution in [2.75, 3.05) is 19.6 Å². The first-order valence-corrected chi connectivity index (χ1v) is 8.62. The second kappa shape index (κ2) is 9.19. The van der Waals surface area contributed by atoms with Gasteiger partial charge in [0.25, 0.3) is 0 Å². The van der Waals surface area contributed by atoms with Gasteiger partial charge < -0.3 is 15.2 Å². The zero-order chi connectivity index (χ0) is 15.6. The van der Waals surface area contributed by atoms with Gasteiger partial charge in [-0.05, 0) is 18.4 Å². The molecular formula is C15H24N6S. The monoisotopic (exact) mass is 320 g/mol. The number of aryl methyl sites for hydroxylation is 1. The highest BCUT2D eigenvalue weighted by Crippen LogP contribution is 2.08. The Morgan fingerprint density at radius 2 is 2.27 bits per heavy atom. The van der Waals surface area contributed by atoms with Crippen molar-refractivity contribution in [1.82, 2.24) is 25.4 Å². The Hall–Kier alpha value is -1.89. The molecule has 2 aromatic heterocycles. The third kappa shape index (κ3) is 5.14. The van der Waals surface area contributed by atoms with E-state index in [0.717, 1.165) is 50.8 Å². The summed E-state index contributed by atoms with van der Waals surface area (Å²) in [5.74, 6) is 1.88. The highest BCUT2D eigenvalue weighted by atomic mass is 32.1. The lowest BCUT2D eigenvalue weighted by Crippen LogP contribution is -2.39. The fraction of sp³-hybridized carbons (Fsp3) is 0.533. The van der Waals surface area contributed by atoms with Gasteiger partial charge >= 0.3 is 0 Å². The first-order valence-electron chi connectivity index (χ1n) is 7.74. The molecule has 2 heterocycles. The molecule has 0 atom stereocenters. The summed E-state index contributed by atoms with van der Waals surface area (Å²) in [7, 11) is 0. The lowest BCUT2D eigenvalue weighted by molar-refractivity contribution is 0.632. The second-order valence-electron chi connectivity index (χ2n) is 4.81. The molecule has 0 bridgehead atoms. The number of hydrogen-bond donors (Lipinski definition) is 2. The maximum atomic E-state index is 4.61. The quantitative estimate of drug-likeness (QED) is 0.574. The standard InChI is InChI=1S/C15H24N6S/c1-3-14-20-19-12-21(14)10-9-18-15(16-4-2)17-8-7-13-6-5-11-22-13/h5-6,11-12H,3-4,7-10H2,1-2H3,(H2,16,17,18). The second-order valence-corrected chi connectivity index (χ2v) is 5.84. The normalized spacial score (nSPS) is 11.6. The highest BCUT2D eigenvalue weighted by molar-refractivity contribution is 7.09. The molecular weight excluding hydrogens is 296 g/mol. The SMILES string of the molecule is CCNC(=NCCc1cccs1)NCCn1cnnc1CC. The van der Waals surface area contributed by atoms with Gasteiger partial charge in [0, 0.05) is 43.9 Å². The van der Waals surface area contributed by atoms with E-state index < -0.39 is 0 Å². The first-order chi connectivity index (χ1) is 10.8. The van der Waals surface area contributed by atoms with E-state index in [2.05, 4.69) is 61.8 Å². The smallest absolute Gasteiger partial charge is 0.191 e. The maximum absolute atomic E-state index is 4.61. The molecule has 7 heteroatoms. The van der Waals surface area contributed by atoms with Crippen LogP contribution in [0.3, 0.4) is 0 Å². The van der Waals surface area contributed by atoms with E-state index in [0.29, 0.717) is 0 Å². The van der Waals surface area contributed by atoms with Gasteiger partial charge in [-0.1, -0.05) is 13.0 Å². The van der Waals surface area contributed by atoms with Crippen molar-refractivity contribution in [2.24, 2.45) is 4.99 Å². The van der Waals surface area contributed by atoms with Crippen LogP contribution >= 0.6 is 11.3 Å². The molecule has 120 valence electrons. The Balaban J connectivity index is 1.78. The molecule has 22 heavy (non-hydrogen) atoms. The van der Waals surface area contributed by atoms with Crippen molar-refractivity contribution in [3.8, 4) is 0 Å². The number of aliphatic imine (C=N–C) groups is 1. The molecule has 0 spiro atoms. The van der Waals surface area contributed by atoms with Crippen LogP contribution < -0.4 is 10.6 Å². The van der Waals surface area contributed by atoms with Gasteiger partial charge in [-0.3, -0.25) is 4.99 Å². The molecule has 0 amide bonds. The van der Waals surface area contributed by atoms with Crippen LogP contribution in [0.2, 0.25) is 0 Å². The van der Waals surface area contributed by atoms with E-state index in [-0.39, 0.29) is 0 Å². The van der Waals surface area contributed by atoms with Crippen LogP contribution in [-0.2, 0) is 19.4 Å². The summed E-state index contributed by atoms with van der Waals surface area (Å²) in [5, 5.41) is 16.8. The maximum Gasteiger partial charge on any atom is 0.191 e. The van der Waals surface area contributed by atoms with E-state index in [1.54, 1.807) is 17.7 Å². The van der Waals surface area contributed by atoms with Crippen LogP contribution in [0.4, 0.5) is 0 Å². The molecule has 0 saturated heterocycles. The summed E-state index contributed by atoms with van der Waals surface area (Å²) in [6.07, 6.45) is 3.66. The van der Waals surface area contributed by atoms with Gasteiger partial charge in [0.1, 0.15) is 12.2 Å². The predicted octanol–water partition coefficient (Wildman–Crippen LogP) is 1.70. The van der Waals surface area contributed by atoms with E-state index >= 15 is 0 Å². The average molecular weight is 320 g/mol. The number of thiophene rings is 1. The largest absolute Gasteiger partial charge is 0.357 e. The van der Waals surface area contributed by atoms with Gasteiger partial charge in [-0.15, -0.1) is 21.5 Å². The van der Waals surface area contributed by atoms with Gasteiger partial charge in [-0.25, -0.2) is 0 Å². The molecule has 0 unspecified atom stereocenters. The van der Waals surface area contributed by atoms with E-state index in [4.69, 9.17) is 0 Å². The Morgan fingerprint density at radius 1 is 1.36 bits per heavy atom. The van der Waals surface area contributed by atoms with Crippen LogP contribution in [-0.4, -0.2) is 40.4 Å². The van der Waals surface area contributed by atoms with Crippen molar-refractivity contribution >= 4 is 17.3 Å². The minimum Gasteiger partial charge on any atom is -0.357 e. The van der Waals surface area contributed by atoms with Crippen molar-refractivity contribution in [2.45, 2.75) is 33.2 Å². The third-order valence-corrected chi connectivity index (χ3v) is 4.15. The summed E-state index contributed by atoms with van der Waals surface area (Å²) in [6, 6.07) is 4.23. The van der Waals surface area contributed by atoms with Crippen molar-refractivity contribution in [3.05, 3.63) is 34.5 Å². The van der Waals surface area contributed by atoms with Crippen molar-refractivity contribution in [1.29, 1.82) is 0 Å². The zero-order valence-electron chi connectivity index (χ0n) is 13.2. The third-order valence-electron chi connectivity index (χ3n) is 3.21. The molecule has 2 aromatic rings. The van der Waals surface area contributed by atoms with Gasteiger partial charge in [0.05, 0.1) is 0 Å². The summed E-state index contributed by atoms with van der Waals surface area (Å²) < 4.78 is 2.07. The van der Waals surface area contributed by atoms with Gasteiger partial charge in [0.2, 0.25) is 0 Å². The van der Waals surface area contributed by atoms with E-state index in [9.17, 15) is 0 Å². The van der Waals surface area contributed by atoms with E-state index in [1.807, 2.05) is 0 Å².